The molecule has 1 unspecified atom stereocenters. The molecule has 0 spiro atoms. The third-order valence-corrected chi connectivity index (χ3v) is 4.23. The highest BCUT2D eigenvalue weighted by molar-refractivity contribution is 7.09. The largest absolute Gasteiger partial charge is 0.316 e. The van der Waals surface area contributed by atoms with E-state index in [2.05, 4.69) is 24.1 Å². The molecule has 2 nitrogen and oxygen atoms in total. The van der Waals surface area contributed by atoms with E-state index >= 15 is 0 Å². The van der Waals surface area contributed by atoms with Crippen molar-refractivity contribution in [2.45, 2.75) is 26.7 Å². The number of benzene rings is 1. The van der Waals surface area contributed by atoms with E-state index in [4.69, 9.17) is 0 Å². The smallest absolute Gasteiger partial charge is 0.126 e. The molecule has 1 aromatic carbocycles. The highest BCUT2D eigenvalue weighted by Crippen LogP contribution is 2.18. The van der Waals surface area contributed by atoms with Crippen LogP contribution in [0.15, 0.2) is 36.0 Å². The first kappa shape index (κ1) is 16.1. The Bertz CT molecular complexity index is 525. The zero-order chi connectivity index (χ0) is 15.1. The Labute approximate surface area is 130 Å². The molecule has 0 aliphatic carbocycles. The number of thiazole rings is 1. The van der Waals surface area contributed by atoms with E-state index in [1.54, 1.807) is 23.5 Å². The highest BCUT2D eigenvalue weighted by atomic mass is 32.1. The molecule has 0 saturated heterocycles. The maximum absolute atomic E-state index is 13.8. The van der Waals surface area contributed by atoms with Gasteiger partial charge in [0, 0.05) is 11.1 Å². The second-order valence-electron chi connectivity index (χ2n) is 5.89. The van der Waals surface area contributed by atoms with E-state index < -0.39 is 0 Å². The van der Waals surface area contributed by atoms with Gasteiger partial charge in [0.2, 0.25) is 0 Å². The lowest BCUT2D eigenvalue weighted by molar-refractivity contribution is 0.440. The topological polar surface area (TPSA) is 24.9 Å². The van der Waals surface area contributed by atoms with Crippen molar-refractivity contribution in [3.8, 4) is 0 Å². The number of nitrogens with zero attached hydrogens (tertiary/aromatic N) is 1. The van der Waals surface area contributed by atoms with Gasteiger partial charge in [-0.25, -0.2) is 4.39 Å². The Kier molecular flexibility index (Phi) is 6.33. The van der Waals surface area contributed by atoms with Crippen LogP contribution in [-0.2, 0) is 12.8 Å². The molecular formula is C17H23FN2S. The molecule has 114 valence electrons. The molecule has 4 heteroatoms. The van der Waals surface area contributed by atoms with Gasteiger partial charge in [-0.3, -0.25) is 4.98 Å². The zero-order valence-corrected chi connectivity index (χ0v) is 13.5. The predicted octanol–water partition coefficient (Wildman–Crippen LogP) is 3.93. The van der Waals surface area contributed by atoms with Crippen molar-refractivity contribution in [2.24, 2.45) is 11.8 Å². The molecule has 1 atom stereocenters. The van der Waals surface area contributed by atoms with Crippen LogP contribution in [0.4, 0.5) is 4.39 Å². The molecule has 1 N–H and O–H groups in total. The molecule has 0 bridgehead atoms. The Morgan fingerprint density at radius 1 is 1.19 bits per heavy atom. The lowest BCUT2D eigenvalue weighted by Gasteiger charge is -2.18. The zero-order valence-electron chi connectivity index (χ0n) is 12.7. The summed E-state index contributed by atoms with van der Waals surface area (Å²) in [6.45, 7) is 6.30. The van der Waals surface area contributed by atoms with E-state index in [1.165, 1.54) is 4.88 Å². The predicted molar refractivity (Wildman–Crippen MR) is 87.1 cm³/mol. The van der Waals surface area contributed by atoms with Gasteiger partial charge in [0.05, 0.1) is 5.51 Å². The SMILES string of the molecule is CC(C)CNCC(Cc1cncs1)Cc1ccccc1F. The first-order valence-electron chi connectivity index (χ1n) is 7.46. The summed E-state index contributed by atoms with van der Waals surface area (Å²) in [5, 5.41) is 3.50. The second-order valence-corrected chi connectivity index (χ2v) is 6.86. The van der Waals surface area contributed by atoms with Gasteiger partial charge in [-0.1, -0.05) is 32.0 Å². The average molecular weight is 306 g/mol. The van der Waals surface area contributed by atoms with Crippen LogP contribution in [0.3, 0.4) is 0 Å². The number of aromatic nitrogens is 1. The van der Waals surface area contributed by atoms with Crippen LogP contribution in [0.1, 0.15) is 24.3 Å². The van der Waals surface area contributed by atoms with Crippen LogP contribution >= 0.6 is 11.3 Å². The van der Waals surface area contributed by atoms with Crippen LogP contribution < -0.4 is 5.32 Å². The molecule has 0 aliphatic heterocycles. The summed E-state index contributed by atoms with van der Waals surface area (Å²) in [6, 6.07) is 7.08. The molecule has 1 heterocycles. The fraction of sp³-hybridized carbons (Fsp3) is 0.471. The maximum atomic E-state index is 13.8. The van der Waals surface area contributed by atoms with Crippen LogP contribution in [-0.4, -0.2) is 18.1 Å². The third kappa shape index (κ3) is 5.56. The van der Waals surface area contributed by atoms with Gasteiger partial charge in [-0.2, -0.15) is 0 Å². The van der Waals surface area contributed by atoms with E-state index in [1.807, 2.05) is 23.8 Å². The van der Waals surface area contributed by atoms with Crippen LogP contribution in [0.25, 0.3) is 0 Å². The molecule has 21 heavy (non-hydrogen) atoms. The van der Waals surface area contributed by atoms with Crippen molar-refractivity contribution in [3.63, 3.8) is 0 Å². The standard InChI is InChI=1S/C17H23FN2S/c1-13(2)9-19-10-14(8-16-11-20-12-21-16)7-15-5-3-4-6-17(15)18/h3-6,11-14,19H,7-10H2,1-2H3. The Morgan fingerprint density at radius 2 is 2.00 bits per heavy atom. The van der Waals surface area contributed by atoms with Crippen LogP contribution in [0.5, 0.6) is 0 Å². The first-order chi connectivity index (χ1) is 10.1. The van der Waals surface area contributed by atoms with Crippen molar-refractivity contribution in [1.29, 1.82) is 0 Å². The fourth-order valence-corrected chi connectivity index (χ4v) is 3.11. The molecular weight excluding hydrogens is 283 g/mol. The van der Waals surface area contributed by atoms with Crippen molar-refractivity contribution in [2.75, 3.05) is 13.1 Å². The average Bonchev–Trinajstić information content (AvgIpc) is 2.93. The molecule has 0 amide bonds. The molecule has 2 aromatic rings. The van der Waals surface area contributed by atoms with Gasteiger partial charge in [0.25, 0.3) is 0 Å². The van der Waals surface area contributed by atoms with E-state index in [0.717, 1.165) is 31.5 Å². The molecule has 0 aliphatic rings. The van der Waals surface area contributed by atoms with Crippen molar-refractivity contribution in [3.05, 3.63) is 52.2 Å². The van der Waals surface area contributed by atoms with Gasteiger partial charge < -0.3 is 5.32 Å². The summed E-state index contributed by atoms with van der Waals surface area (Å²) in [5.41, 5.74) is 2.66. The van der Waals surface area contributed by atoms with Gasteiger partial charge in [0.15, 0.2) is 0 Å². The minimum atomic E-state index is -0.101. The number of nitrogens with one attached hydrogen (secondary N) is 1. The number of rotatable bonds is 8. The normalized spacial score (nSPS) is 12.8. The van der Waals surface area contributed by atoms with Crippen molar-refractivity contribution in [1.82, 2.24) is 10.3 Å². The summed E-state index contributed by atoms with van der Waals surface area (Å²) >= 11 is 1.67. The second kappa shape index (κ2) is 8.25. The number of hydrogen-bond acceptors (Lipinski definition) is 3. The molecule has 0 fully saturated rings. The number of hydrogen-bond donors (Lipinski definition) is 1. The van der Waals surface area contributed by atoms with E-state index in [9.17, 15) is 4.39 Å². The Hall–Kier alpha value is -1.26. The highest BCUT2D eigenvalue weighted by Gasteiger charge is 2.14. The molecule has 2 rings (SSSR count). The number of halogens is 1. The Morgan fingerprint density at radius 3 is 2.67 bits per heavy atom. The van der Waals surface area contributed by atoms with Crippen LogP contribution in [0, 0.1) is 17.7 Å². The van der Waals surface area contributed by atoms with Crippen LogP contribution in [0.2, 0.25) is 0 Å². The van der Waals surface area contributed by atoms with Gasteiger partial charge in [-0.15, -0.1) is 11.3 Å². The minimum absolute atomic E-state index is 0.101. The Balaban J connectivity index is 1.98. The summed E-state index contributed by atoms with van der Waals surface area (Å²) < 4.78 is 13.8. The summed E-state index contributed by atoms with van der Waals surface area (Å²) in [7, 11) is 0. The summed E-state index contributed by atoms with van der Waals surface area (Å²) in [5.74, 6) is 0.916. The van der Waals surface area contributed by atoms with Crippen molar-refractivity contribution >= 4 is 11.3 Å². The first-order valence-corrected chi connectivity index (χ1v) is 8.34. The summed E-state index contributed by atoms with van der Waals surface area (Å²) in [6.07, 6.45) is 3.63. The third-order valence-electron chi connectivity index (χ3n) is 3.43. The van der Waals surface area contributed by atoms with Gasteiger partial charge >= 0.3 is 0 Å². The molecule has 0 saturated carbocycles. The summed E-state index contributed by atoms with van der Waals surface area (Å²) in [4.78, 5) is 5.40. The quantitative estimate of drug-likeness (QED) is 0.799. The van der Waals surface area contributed by atoms with E-state index in [-0.39, 0.29) is 5.82 Å². The van der Waals surface area contributed by atoms with Crippen molar-refractivity contribution < 1.29 is 4.39 Å². The monoisotopic (exact) mass is 306 g/mol. The van der Waals surface area contributed by atoms with E-state index in [0.29, 0.717) is 11.8 Å². The molecule has 0 radical (unpaired) electrons. The van der Waals surface area contributed by atoms with Gasteiger partial charge in [0.1, 0.15) is 5.82 Å². The minimum Gasteiger partial charge on any atom is -0.316 e. The fourth-order valence-electron chi connectivity index (χ4n) is 2.40. The van der Waals surface area contributed by atoms with Gasteiger partial charge in [-0.05, 0) is 49.4 Å². The molecule has 1 aromatic heterocycles. The lowest BCUT2D eigenvalue weighted by Crippen LogP contribution is -2.28. The lowest BCUT2D eigenvalue weighted by atomic mass is 9.95. The maximum Gasteiger partial charge on any atom is 0.126 e.